The first-order valence-corrected chi connectivity index (χ1v) is 11.1. The second kappa shape index (κ2) is 11.3. The number of nitrogens with zero attached hydrogens (tertiary/aromatic N) is 1. The van der Waals surface area contributed by atoms with Crippen LogP contribution in [0.3, 0.4) is 0 Å². The van der Waals surface area contributed by atoms with Gasteiger partial charge in [-0.1, -0.05) is 66.2 Å². The summed E-state index contributed by atoms with van der Waals surface area (Å²) in [6.07, 6.45) is 0. The van der Waals surface area contributed by atoms with Crippen LogP contribution in [0.25, 0.3) is 0 Å². The van der Waals surface area contributed by atoms with Gasteiger partial charge in [0.25, 0.3) is 5.91 Å². The molecule has 1 unspecified atom stereocenters. The Kier molecular flexibility index (Phi) is 8.17. The van der Waals surface area contributed by atoms with E-state index in [4.69, 9.17) is 0 Å². The van der Waals surface area contributed by atoms with E-state index >= 15 is 0 Å². The standard InChI is InChI=1S/C27H31N3O2/c1-4-30(5-2)27(32)23-12-9-13-24(18-23)29-25(31)19-28-26(21-10-7-6-8-11-21)22-16-14-20(3)15-17-22/h6-18,26,28H,4-5,19H2,1-3H3,(H,29,31). The third kappa shape index (κ3) is 6.05. The molecule has 0 spiro atoms. The van der Waals surface area contributed by atoms with Crippen molar-refractivity contribution in [2.75, 3.05) is 25.0 Å². The van der Waals surface area contributed by atoms with Crippen LogP contribution in [0.1, 0.15) is 46.9 Å². The van der Waals surface area contributed by atoms with Crippen molar-refractivity contribution in [3.8, 4) is 0 Å². The maximum Gasteiger partial charge on any atom is 0.253 e. The van der Waals surface area contributed by atoms with E-state index in [1.807, 2.05) is 32.0 Å². The summed E-state index contributed by atoms with van der Waals surface area (Å²) >= 11 is 0. The third-order valence-electron chi connectivity index (χ3n) is 5.45. The summed E-state index contributed by atoms with van der Waals surface area (Å²) in [5, 5.41) is 6.29. The maximum absolute atomic E-state index is 12.7. The van der Waals surface area contributed by atoms with Crippen molar-refractivity contribution in [3.63, 3.8) is 0 Å². The van der Waals surface area contributed by atoms with E-state index in [-0.39, 0.29) is 24.4 Å². The monoisotopic (exact) mass is 429 g/mol. The molecule has 0 saturated heterocycles. The Morgan fingerprint density at radius 3 is 2.16 bits per heavy atom. The van der Waals surface area contributed by atoms with Gasteiger partial charge in [-0.2, -0.15) is 0 Å². The molecular formula is C27H31N3O2. The lowest BCUT2D eigenvalue weighted by Crippen LogP contribution is -2.32. The molecule has 2 amide bonds. The lowest BCUT2D eigenvalue weighted by Gasteiger charge is -2.20. The van der Waals surface area contributed by atoms with Crippen LogP contribution < -0.4 is 10.6 Å². The van der Waals surface area contributed by atoms with Gasteiger partial charge in [0.05, 0.1) is 12.6 Å². The summed E-state index contributed by atoms with van der Waals surface area (Å²) in [4.78, 5) is 27.0. The fraction of sp³-hybridized carbons (Fsp3) is 0.259. The zero-order valence-corrected chi connectivity index (χ0v) is 19.0. The minimum Gasteiger partial charge on any atom is -0.339 e. The second-order valence-corrected chi connectivity index (χ2v) is 7.74. The molecule has 166 valence electrons. The van der Waals surface area contributed by atoms with Crippen molar-refractivity contribution in [1.82, 2.24) is 10.2 Å². The second-order valence-electron chi connectivity index (χ2n) is 7.74. The SMILES string of the molecule is CCN(CC)C(=O)c1cccc(NC(=O)CNC(c2ccccc2)c2ccc(C)cc2)c1. The Hall–Kier alpha value is -3.44. The number of hydrogen-bond donors (Lipinski definition) is 2. The molecular weight excluding hydrogens is 398 g/mol. The molecule has 32 heavy (non-hydrogen) atoms. The zero-order chi connectivity index (χ0) is 22.9. The highest BCUT2D eigenvalue weighted by Gasteiger charge is 2.16. The Labute approximate surface area is 190 Å². The molecule has 0 aliphatic carbocycles. The summed E-state index contributed by atoms with van der Waals surface area (Å²) in [5.74, 6) is -0.196. The van der Waals surface area contributed by atoms with Crippen LogP contribution in [0.4, 0.5) is 5.69 Å². The van der Waals surface area contributed by atoms with Crippen molar-refractivity contribution in [1.29, 1.82) is 0 Å². The molecule has 2 N–H and O–H groups in total. The minimum atomic E-state index is -0.162. The first-order chi connectivity index (χ1) is 15.5. The van der Waals surface area contributed by atoms with Gasteiger partial charge in [-0.3, -0.25) is 14.9 Å². The van der Waals surface area contributed by atoms with E-state index in [0.29, 0.717) is 24.3 Å². The summed E-state index contributed by atoms with van der Waals surface area (Å²) in [7, 11) is 0. The van der Waals surface area contributed by atoms with Gasteiger partial charge in [-0.15, -0.1) is 0 Å². The van der Waals surface area contributed by atoms with Crippen molar-refractivity contribution >= 4 is 17.5 Å². The van der Waals surface area contributed by atoms with Crippen LogP contribution in [-0.2, 0) is 4.79 Å². The highest BCUT2D eigenvalue weighted by atomic mass is 16.2. The topological polar surface area (TPSA) is 61.4 Å². The number of carbonyl (C=O) groups is 2. The zero-order valence-electron chi connectivity index (χ0n) is 19.0. The molecule has 5 nitrogen and oxygen atoms in total. The number of aryl methyl sites for hydroxylation is 1. The van der Waals surface area contributed by atoms with Crippen molar-refractivity contribution in [2.24, 2.45) is 0 Å². The van der Waals surface area contributed by atoms with Gasteiger partial charge >= 0.3 is 0 Å². The van der Waals surface area contributed by atoms with Crippen molar-refractivity contribution in [2.45, 2.75) is 26.8 Å². The number of hydrogen-bond acceptors (Lipinski definition) is 3. The summed E-state index contributed by atoms with van der Waals surface area (Å²) in [6, 6.07) is 25.4. The van der Waals surface area contributed by atoms with Crippen LogP contribution in [-0.4, -0.2) is 36.3 Å². The Bertz CT molecular complexity index is 1030. The number of anilines is 1. The number of carbonyl (C=O) groups excluding carboxylic acids is 2. The molecule has 5 heteroatoms. The Morgan fingerprint density at radius 2 is 1.50 bits per heavy atom. The van der Waals surface area contributed by atoms with E-state index < -0.39 is 0 Å². The first kappa shape index (κ1) is 23.2. The number of rotatable bonds is 9. The Balaban J connectivity index is 1.69. The molecule has 0 heterocycles. The van der Waals surface area contributed by atoms with Gasteiger partial charge in [-0.05, 0) is 50.1 Å². The molecule has 3 aromatic rings. The van der Waals surface area contributed by atoms with Crippen LogP contribution in [0.2, 0.25) is 0 Å². The summed E-state index contributed by atoms with van der Waals surface area (Å²) in [6.45, 7) is 7.40. The molecule has 0 radical (unpaired) electrons. The van der Waals surface area contributed by atoms with E-state index in [1.165, 1.54) is 5.56 Å². The maximum atomic E-state index is 12.7. The first-order valence-electron chi connectivity index (χ1n) is 11.1. The molecule has 0 fully saturated rings. The fourth-order valence-corrected chi connectivity index (χ4v) is 3.66. The van der Waals surface area contributed by atoms with Gasteiger partial charge in [0.1, 0.15) is 0 Å². The van der Waals surface area contributed by atoms with E-state index in [2.05, 4.69) is 54.0 Å². The largest absolute Gasteiger partial charge is 0.339 e. The molecule has 1 atom stereocenters. The number of benzene rings is 3. The molecule has 0 aliphatic rings. The van der Waals surface area contributed by atoms with Crippen molar-refractivity contribution in [3.05, 3.63) is 101 Å². The van der Waals surface area contributed by atoms with Crippen molar-refractivity contribution < 1.29 is 9.59 Å². The van der Waals surface area contributed by atoms with Crippen LogP contribution in [0, 0.1) is 6.92 Å². The normalized spacial score (nSPS) is 11.6. The number of nitrogens with one attached hydrogen (secondary N) is 2. The molecule has 0 saturated carbocycles. The lowest BCUT2D eigenvalue weighted by atomic mass is 9.98. The molecule has 3 rings (SSSR count). The predicted molar refractivity (Wildman–Crippen MR) is 130 cm³/mol. The molecule has 0 aliphatic heterocycles. The van der Waals surface area contributed by atoms with Gasteiger partial charge in [-0.25, -0.2) is 0 Å². The van der Waals surface area contributed by atoms with E-state index in [0.717, 1.165) is 11.1 Å². The van der Waals surface area contributed by atoms with Crippen LogP contribution >= 0.6 is 0 Å². The predicted octanol–water partition coefficient (Wildman–Crippen LogP) is 4.79. The summed E-state index contributed by atoms with van der Waals surface area (Å²) in [5.41, 5.74) is 4.57. The molecule has 0 aromatic heterocycles. The molecule has 3 aromatic carbocycles. The third-order valence-corrected chi connectivity index (χ3v) is 5.45. The van der Waals surface area contributed by atoms with E-state index in [1.54, 1.807) is 29.2 Å². The van der Waals surface area contributed by atoms with Crippen LogP contribution in [0.5, 0.6) is 0 Å². The average molecular weight is 430 g/mol. The smallest absolute Gasteiger partial charge is 0.253 e. The quantitative estimate of drug-likeness (QED) is 0.514. The Morgan fingerprint density at radius 1 is 0.844 bits per heavy atom. The van der Waals surface area contributed by atoms with Gasteiger partial charge in [0.15, 0.2) is 0 Å². The number of amides is 2. The van der Waals surface area contributed by atoms with Gasteiger partial charge in [0, 0.05) is 24.3 Å². The highest BCUT2D eigenvalue weighted by molar-refractivity contribution is 5.97. The summed E-state index contributed by atoms with van der Waals surface area (Å²) < 4.78 is 0. The fourth-order valence-electron chi connectivity index (χ4n) is 3.66. The average Bonchev–Trinajstić information content (AvgIpc) is 2.82. The highest BCUT2D eigenvalue weighted by Crippen LogP contribution is 2.22. The van der Waals surface area contributed by atoms with Crippen LogP contribution in [0.15, 0.2) is 78.9 Å². The van der Waals surface area contributed by atoms with Gasteiger partial charge < -0.3 is 10.2 Å². The lowest BCUT2D eigenvalue weighted by molar-refractivity contribution is -0.115. The minimum absolute atomic E-state index is 0.0345. The molecule has 0 bridgehead atoms. The van der Waals surface area contributed by atoms with Gasteiger partial charge in [0.2, 0.25) is 5.91 Å². The van der Waals surface area contributed by atoms with E-state index in [9.17, 15) is 9.59 Å².